The van der Waals surface area contributed by atoms with Crippen LogP contribution < -0.4 is 5.11 Å². The Kier molecular flexibility index (Phi) is 3.40. The van der Waals surface area contributed by atoms with E-state index >= 15 is 0 Å². The first-order valence-electron chi connectivity index (χ1n) is 4.42. The molecule has 1 unspecified atom stereocenters. The summed E-state index contributed by atoms with van der Waals surface area (Å²) in [5, 5.41) is 10.5. The molecule has 0 fully saturated rings. The summed E-state index contributed by atoms with van der Waals surface area (Å²) in [7, 11) is 0. The molecule has 0 saturated carbocycles. The number of benzene rings is 1. The zero-order valence-corrected chi connectivity index (χ0v) is 8.23. The van der Waals surface area contributed by atoms with Crippen LogP contribution in [0.4, 0.5) is 5.69 Å². The minimum absolute atomic E-state index is 0.552. The van der Waals surface area contributed by atoms with Gasteiger partial charge in [-0.15, -0.1) is 0 Å². The van der Waals surface area contributed by atoms with Gasteiger partial charge in [-0.3, -0.25) is 4.99 Å². The molecule has 0 spiro atoms. The van der Waals surface area contributed by atoms with Crippen LogP contribution >= 0.6 is 0 Å². The third kappa shape index (κ3) is 2.69. The number of carbonyl (C=O) groups is 1. The maximum Gasteiger partial charge on any atom is 0.0629 e. The molecule has 1 aromatic rings. The van der Waals surface area contributed by atoms with Crippen LogP contribution in [0.25, 0.3) is 0 Å². The Balaban J connectivity index is 2.84. The lowest BCUT2D eigenvalue weighted by molar-refractivity contribution is -0.308. The van der Waals surface area contributed by atoms with Crippen molar-refractivity contribution < 1.29 is 9.90 Å². The molecule has 14 heavy (non-hydrogen) atoms. The monoisotopic (exact) mass is 190 g/mol. The van der Waals surface area contributed by atoms with E-state index in [4.69, 9.17) is 0 Å². The van der Waals surface area contributed by atoms with Crippen LogP contribution in [0.3, 0.4) is 0 Å². The van der Waals surface area contributed by atoms with E-state index in [1.54, 1.807) is 13.8 Å². The lowest BCUT2D eigenvalue weighted by atomic mass is 10.1. The van der Waals surface area contributed by atoms with E-state index in [-0.39, 0.29) is 0 Å². The molecule has 1 aromatic carbocycles. The zero-order chi connectivity index (χ0) is 10.6. The third-order valence-electron chi connectivity index (χ3n) is 2.04. The fourth-order valence-electron chi connectivity index (χ4n) is 0.974. The summed E-state index contributed by atoms with van der Waals surface area (Å²) in [6.45, 7) is 3.25. The van der Waals surface area contributed by atoms with Crippen LogP contribution in [0, 0.1) is 5.92 Å². The Morgan fingerprint density at radius 3 is 2.43 bits per heavy atom. The van der Waals surface area contributed by atoms with Gasteiger partial charge in [-0.1, -0.05) is 25.1 Å². The van der Waals surface area contributed by atoms with Crippen LogP contribution in [0.2, 0.25) is 0 Å². The molecule has 0 heterocycles. The van der Waals surface area contributed by atoms with Crippen LogP contribution in [-0.4, -0.2) is 11.7 Å². The van der Waals surface area contributed by atoms with Crippen molar-refractivity contribution in [2.75, 3.05) is 0 Å². The highest BCUT2D eigenvalue weighted by molar-refractivity contribution is 6.00. The minimum atomic E-state index is -1.10. The van der Waals surface area contributed by atoms with Crippen molar-refractivity contribution >= 4 is 17.4 Å². The smallest absolute Gasteiger partial charge is 0.0629 e. The quantitative estimate of drug-likeness (QED) is 0.672. The lowest BCUT2D eigenvalue weighted by Gasteiger charge is -2.11. The summed E-state index contributed by atoms with van der Waals surface area (Å²) in [5.41, 5.74) is 1.31. The Hall–Kier alpha value is -1.64. The first-order chi connectivity index (χ1) is 6.61. The Morgan fingerprint density at radius 1 is 1.36 bits per heavy atom. The van der Waals surface area contributed by atoms with E-state index < -0.39 is 11.9 Å². The average Bonchev–Trinajstić information content (AvgIpc) is 2.18. The van der Waals surface area contributed by atoms with E-state index in [2.05, 4.69) is 4.99 Å². The van der Waals surface area contributed by atoms with Crippen molar-refractivity contribution in [1.29, 1.82) is 0 Å². The van der Waals surface area contributed by atoms with Crippen LogP contribution in [-0.2, 0) is 4.79 Å². The molecule has 0 bridgehead atoms. The van der Waals surface area contributed by atoms with Crippen LogP contribution in [0.15, 0.2) is 35.3 Å². The van der Waals surface area contributed by atoms with E-state index in [0.29, 0.717) is 5.71 Å². The van der Waals surface area contributed by atoms with Gasteiger partial charge in [0.15, 0.2) is 0 Å². The molecule has 1 rings (SSSR count). The largest absolute Gasteiger partial charge is 0.549 e. The lowest BCUT2D eigenvalue weighted by Crippen LogP contribution is -2.33. The first kappa shape index (κ1) is 10.4. The summed E-state index contributed by atoms with van der Waals surface area (Å²) < 4.78 is 0. The fourth-order valence-corrected chi connectivity index (χ4v) is 0.974. The highest BCUT2D eigenvalue weighted by atomic mass is 16.4. The molecule has 0 N–H and O–H groups in total. The van der Waals surface area contributed by atoms with Crippen molar-refractivity contribution in [2.45, 2.75) is 13.8 Å². The number of hydrogen-bond donors (Lipinski definition) is 0. The summed E-state index contributed by atoms with van der Waals surface area (Å²) in [5.74, 6) is -1.74. The van der Waals surface area contributed by atoms with Crippen molar-refractivity contribution in [3.05, 3.63) is 30.3 Å². The van der Waals surface area contributed by atoms with Gasteiger partial charge in [0.1, 0.15) is 0 Å². The molecular weight excluding hydrogens is 178 g/mol. The molecule has 0 aliphatic rings. The number of aliphatic imine (C=N–C) groups is 1. The topological polar surface area (TPSA) is 52.5 Å². The fraction of sp³-hybridized carbons (Fsp3) is 0.273. The zero-order valence-electron chi connectivity index (χ0n) is 8.23. The number of nitrogens with zero attached hydrogens (tertiary/aromatic N) is 1. The number of carbonyl (C=O) groups excluding carboxylic acids is 1. The second-order valence-corrected chi connectivity index (χ2v) is 3.13. The molecule has 3 nitrogen and oxygen atoms in total. The van der Waals surface area contributed by atoms with Crippen LogP contribution in [0.1, 0.15) is 13.8 Å². The molecule has 74 valence electrons. The van der Waals surface area contributed by atoms with E-state index in [0.717, 1.165) is 5.69 Å². The van der Waals surface area contributed by atoms with Crippen LogP contribution in [0.5, 0.6) is 0 Å². The van der Waals surface area contributed by atoms with Gasteiger partial charge in [-0.05, 0) is 19.1 Å². The number of aliphatic carboxylic acids is 1. The minimum Gasteiger partial charge on any atom is -0.549 e. The standard InChI is InChI=1S/C11H13NO2/c1-8(11(13)14)9(2)12-10-6-4-3-5-7-10/h3-8H,1-2H3,(H,13,14)/p-1. The van der Waals surface area contributed by atoms with Crippen molar-refractivity contribution in [1.82, 2.24) is 0 Å². The summed E-state index contributed by atoms with van der Waals surface area (Å²) in [4.78, 5) is 14.7. The van der Waals surface area contributed by atoms with E-state index in [1.807, 2.05) is 30.3 Å². The maximum atomic E-state index is 10.5. The van der Waals surface area contributed by atoms with Crippen molar-refractivity contribution in [3.8, 4) is 0 Å². The summed E-state index contributed by atoms with van der Waals surface area (Å²) in [6.07, 6.45) is 0. The van der Waals surface area contributed by atoms with Gasteiger partial charge in [-0.2, -0.15) is 0 Å². The molecule has 1 atom stereocenters. The number of rotatable bonds is 3. The summed E-state index contributed by atoms with van der Waals surface area (Å²) >= 11 is 0. The van der Waals surface area contributed by atoms with Gasteiger partial charge in [0, 0.05) is 17.6 Å². The van der Waals surface area contributed by atoms with Crippen molar-refractivity contribution in [3.63, 3.8) is 0 Å². The molecule has 0 saturated heterocycles. The molecule has 0 aromatic heterocycles. The van der Waals surface area contributed by atoms with Gasteiger partial charge < -0.3 is 9.90 Å². The van der Waals surface area contributed by atoms with Gasteiger partial charge in [0.2, 0.25) is 0 Å². The normalized spacial score (nSPS) is 13.7. The van der Waals surface area contributed by atoms with Gasteiger partial charge in [0.05, 0.1) is 5.69 Å². The van der Waals surface area contributed by atoms with Gasteiger partial charge in [-0.25, -0.2) is 0 Å². The highest BCUT2D eigenvalue weighted by Crippen LogP contribution is 2.12. The van der Waals surface area contributed by atoms with E-state index in [9.17, 15) is 9.90 Å². The second kappa shape index (κ2) is 4.56. The predicted octanol–water partition coefficient (Wildman–Crippen LogP) is 1.16. The molecule has 0 aliphatic heterocycles. The number of para-hydroxylation sites is 1. The summed E-state index contributed by atoms with van der Waals surface area (Å²) in [6, 6.07) is 9.25. The predicted molar refractivity (Wildman–Crippen MR) is 53.4 cm³/mol. The second-order valence-electron chi connectivity index (χ2n) is 3.13. The number of carboxylic acids is 1. The van der Waals surface area contributed by atoms with E-state index in [1.165, 1.54) is 0 Å². The molecule has 0 radical (unpaired) electrons. The molecular formula is C11H12NO2-. The highest BCUT2D eigenvalue weighted by Gasteiger charge is 2.05. The Bertz CT molecular complexity index is 344. The average molecular weight is 190 g/mol. The van der Waals surface area contributed by atoms with Crippen molar-refractivity contribution in [2.24, 2.45) is 10.9 Å². The SMILES string of the molecule is CC(=Nc1ccccc1)C(C)C(=O)[O-]. The Morgan fingerprint density at radius 2 is 1.93 bits per heavy atom. The molecule has 3 heteroatoms. The Labute approximate surface area is 83.1 Å². The van der Waals surface area contributed by atoms with Gasteiger partial charge in [0.25, 0.3) is 0 Å². The molecule has 0 aliphatic carbocycles. The molecule has 0 amide bonds. The third-order valence-corrected chi connectivity index (χ3v) is 2.04. The number of carboxylic acid groups (broad SMARTS) is 1. The first-order valence-corrected chi connectivity index (χ1v) is 4.42. The van der Waals surface area contributed by atoms with Gasteiger partial charge >= 0.3 is 0 Å². The number of hydrogen-bond acceptors (Lipinski definition) is 3. The maximum absolute atomic E-state index is 10.5.